The number of hydrogen-bond acceptors (Lipinski definition) is 7. The third-order valence-electron chi connectivity index (χ3n) is 6.15. The van der Waals surface area contributed by atoms with Crippen molar-refractivity contribution < 1.29 is 33.3 Å². The largest absolute Gasteiger partial charge is 0.466 e. The lowest BCUT2D eigenvalue weighted by Gasteiger charge is -2.32. The molecule has 0 unspecified atom stereocenters. The molecular weight excluding hydrogens is 484 g/mol. The van der Waals surface area contributed by atoms with Gasteiger partial charge in [0.05, 0.1) is 26.9 Å². The van der Waals surface area contributed by atoms with Gasteiger partial charge in [0.15, 0.2) is 6.29 Å². The lowest BCUT2D eigenvalue weighted by atomic mass is 10.0. The second-order valence-corrected chi connectivity index (χ2v) is 8.87. The maximum Gasteiger partial charge on any atom is 0.330 e. The summed E-state index contributed by atoms with van der Waals surface area (Å²) in [5.74, 6) is -0.518. The smallest absolute Gasteiger partial charge is 0.330 e. The Morgan fingerprint density at radius 1 is 0.789 bits per heavy atom. The van der Waals surface area contributed by atoms with Crippen LogP contribution in [0, 0.1) is 0 Å². The van der Waals surface area contributed by atoms with Crippen LogP contribution in [0.1, 0.15) is 16.7 Å². The predicted molar refractivity (Wildman–Crippen MR) is 141 cm³/mol. The Bertz CT molecular complexity index is 1150. The molecule has 0 spiro atoms. The number of methoxy groups -OCH3 is 1. The van der Waals surface area contributed by atoms with E-state index in [4.69, 9.17) is 23.7 Å². The summed E-state index contributed by atoms with van der Waals surface area (Å²) < 4.78 is 29.6. The maximum atomic E-state index is 12.0. The maximum absolute atomic E-state index is 12.0. The van der Waals surface area contributed by atoms with Gasteiger partial charge < -0.3 is 28.5 Å². The highest BCUT2D eigenvalue weighted by Gasteiger charge is 2.51. The van der Waals surface area contributed by atoms with Crippen LogP contribution in [0.2, 0.25) is 0 Å². The molecule has 0 aliphatic carbocycles. The molecule has 7 heteroatoms. The normalized spacial score (nSPS) is 19.0. The van der Waals surface area contributed by atoms with Gasteiger partial charge in [-0.15, -0.1) is 0 Å². The van der Waals surface area contributed by atoms with E-state index in [-0.39, 0.29) is 19.8 Å². The number of aldehydes is 1. The summed E-state index contributed by atoms with van der Waals surface area (Å²) in [5.41, 5.74) is 2.89. The molecule has 198 valence electrons. The number of carbonyl (C=O) groups is 2. The molecule has 1 heterocycles. The van der Waals surface area contributed by atoms with Crippen LogP contribution in [-0.2, 0) is 53.1 Å². The van der Waals surface area contributed by atoms with E-state index in [2.05, 4.69) is 0 Å². The van der Waals surface area contributed by atoms with Crippen molar-refractivity contribution in [2.24, 2.45) is 0 Å². The Morgan fingerprint density at radius 2 is 1.29 bits per heavy atom. The lowest BCUT2D eigenvalue weighted by molar-refractivity contribution is -0.145. The molecule has 1 saturated heterocycles. The second kappa shape index (κ2) is 14.4. The zero-order valence-corrected chi connectivity index (χ0v) is 21.3. The Morgan fingerprint density at radius 3 is 1.76 bits per heavy atom. The molecule has 38 heavy (non-hydrogen) atoms. The molecule has 0 saturated carbocycles. The van der Waals surface area contributed by atoms with Gasteiger partial charge in [-0.2, -0.15) is 0 Å². The van der Waals surface area contributed by atoms with E-state index in [1.54, 1.807) is 6.08 Å². The first-order chi connectivity index (χ1) is 18.7. The lowest BCUT2D eigenvalue weighted by Crippen LogP contribution is -2.45. The summed E-state index contributed by atoms with van der Waals surface area (Å²) in [6.07, 6.45) is 0.507. The summed E-state index contributed by atoms with van der Waals surface area (Å²) in [6.45, 7) is 0.830. The highest BCUT2D eigenvalue weighted by molar-refractivity contribution is 5.81. The van der Waals surface area contributed by atoms with Gasteiger partial charge in [-0.05, 0) is 22.8 Å². The Kier molecular flexibility index (Phi) is 10.4. The number of benzene rings is 3. The molecule has 1 aliphatic rings. The Labute approximate surface area is 222 Å². The van der Waals surface area contributed by atoms with Gasteiger partial charge >= 0.3 is 5.97 Å². The molecule has 0 amide bonds. The van der Waals surface area contributed by atoms with Crippen LogP contribution >= 0.6 is 0 Å². The first kappa shape index (κ1) is 27.4. The number of hydrogen-bond donors (Lipinski definition) is 0. The number of carbonyl (C=O) groups excluding carboxylic acids is 2. The third kappa shape index (κ3) is 8.19. The van der Waals surface area contributed by atoms with E-state index in [1.165, 1.54) is 13.2 Å². The fraction of sp³-hybridized carbons (Fsp3) is 0.290. The minimum absolute atomic E-state index is 0.270. The predicted octanol–water partition coefficient (Wildman–Crippen LogP) is 4.44. The van der Waals surface area contributed by atoms with Crippen LogP contribution in [0.25, 0.3) is 0 Å². The Balaban J connectivity index is 1.62. The van der Waals surface area contributed by atoms with Crippen molar-refractivity contribution in [3.05, 3.63) is 120 Å². The molecular formula is C31H32O7. The molecule has 1 fully saturated rings. The molecule has 0 aromatic heterocycles. The molecule has 4 rings (SSSR count). The van der Waals surface area contributed by atoms with Gasteiger partial charge in [0.1, 0.15) is 30.5 Å². The van der Waals surface area contributed by atoms with Gasteiger partial charge in [-0.25, -0.2) is 4.79 Å². The average molecular weight is 517 g/mol. The number of epoxide rings is 1. The summed E-state index contributed by atoms with van der Waals surface area (Å²) >= 11 is 0. The van der Waals surface area contributed by atoms with Crippen molar-refractivity contribution in [3.8, 4) is 0 Å². The van der Waals surface area contributed by atoms with Crippen LogP contribution in [-0.4, -0.2) is 49.9 Å². The minimum Gasteiger partial charge on any atom is -0.466 e. The fourth-order valence-electron chi connectivity index (χ4n) is 4.06. The minimum atomic E-state index is -0.713. The average Bonchev–Trinajstić information content (AvgIpc) is 3.76. The van der Waals surface area contributed by atoms with Crippen molar-refractivity contribution >= 4 is 12.3 Å². The second-order valence-electron chi connectivity index (χ2n) is 8.87. The molecule has 1 aliphatic heterocycles. The van der Waals surface area contributed by atoms with E-state index in [1.807, 2.05) is 91.0 Å². The van der Waals surface area contributed by atoms with Crippen molar-refractivity contribution in [1.29, 1.82) is 0 Å². The highest BCUT2D eigenvalue weighted by atomic mass is 16.6. The van der Waals surface area contributed by atoms with Gasteiger partial charge in [0, 0.05) is 6.08 Å². The molecule has 5 atom stereocenters. The molecule has 0 radical (unpaired) electrons. The number of esters is 1. The van der Waals surface area contributed by atoms with Gasteiger partial charge in [0.2, 0.25) is 0 Å². The van der Waals surface area contributed by atoms with Crippen LogP contribution in [0.5, 0.6) is 0 Å². The zero-order chi connectivity index (χ0) is 26.6. The summed E-state index contributed by atoms with van der Waals surface area (Å²) in [6, 6.07) is 29.2. The number of rotatable bonds is 15. The van der Waals surface area contributed by atoms with Crippen LogP contribution in [0.3, 0.4) is 0 Å². The molecule has 0 N–H and O–H groups in total. The topological polar surface area (TPSA) is 83.6 Å². The van der Waals surface area contributed by atoms with E-state index in [0.717, 1.165) is 23.0 Å². The fourth-order valence-corrected chi connectivity index (χ4v) is 4.06. The summed E-state index contributed by atoms with van der Waals surface area (Å²) in [7, 11) is 1.31. The summed E-state index contributed by atoms with van der Waals surface area (Å²) in [5, 5.41) is 0. The van der Waals surface area contributed by atoms with Crippen molar-refractivity contribution in [3.63, 3.8) is 0 Å². The van der Waals surface area contributed by atoms with E-state index in [0.29, 0.717) is 0 Å². The molecule has 3 aromatic carbocycles. The van der Waals surface area contributed by atoms with Crippen LogP contribution < -0.4 is 0 Å². The Hall–Kier alpha value is -3.62. The quantitative estimate of drug-likeness (QED) is 0.128. The molecule has 0 bridgehead atoms. The van der Waals surface area contributed by atoms with Gasteiger partial charge in [-0.1, -0.05) is 91.0 Å². The zero-order valence-electron chi connectivity index (χ0n) is 21.3. The van der Waals surface area contributed by atoms with Crippen molar-refractivity contribution in [2.45, 2.75) is 50.3 Å². The van der Waals surface area contributed by atoms with Crippen LogP contribution in [0.4, 0.5) is 0 Å². The third-order valence-corrected chi connectivity index (χ3v) is 6.15. The van der Waals surface area contributed by atoms with E-state index in [9.17, 15) is 9.59 Å². The van der Waals surface area contributed by atoms with Crippen LogP contribution in [0.15, 0.2) is 103 Å². The summed E-state index contributed by atoms with van der Waals surface area (Å²) in [4.78, 5) is 23.6. The van der Waals surface area contributed by atoms with E-state index >= 15 is 0 Å². The van der Waals surface area contributed by atoms with Gasteiger partial charge in [-0.3, -0.25) is 0 Å². The molecule has 3 aromatic rings. The highest BCUT2D eigenvalue weighted by Crippen LogP contribution is 2.32. The molecule has 7 nitrogen and oxygen atoms in total. The number of ether oxygens (including phenoxy) is 5. The SMILES string of the molecule is COC(=O)/C=C/[C@@H](OCc1ccccc1)[C@H](OCc1ccccc1)[C@@H](OCc1ccccc1)[C@H]1O[C@@H]1C=O. The van der Waals surface area contributed by atoms with Gasteiger partial charge in [0.25, 0.3) is 0 Å². The first-order valence-corrected chi connectivity index (χ1v) is 12.5. The van der Waals surface area contributed by atoms with Crippen molar-refractivity contribution in [2.75, 3.05) is 7.11 Å². The first-order valence-electron chi connectivity index (χ1n) is 12.5. The van der Waals surface area contributed by atoms with Crippen molar-refractivity contribution in [1.82, 2.24) is 0 Å². The monoisotopic (exact) mass is 516 g/mol. The van der Waals surface area contributed by atoms with E-state index < -0.39 is 36.5 Å². The standard InChI is InChI=1S/C31H32O7/c1-34-28(33)18-17-26(35-20-23-11-5-2-6-12-23)29(36-21-24-13-7-3-8-14-24)31(30-27(19-32)38-30)37-22-25-15-9-4-10-16-25/h2-19,26-27,29-31H,20-22H2,1H3/b18-17+/t26-,27-,29+,30+,31-/m1/s1.